The third kappa shape index (κ3) is 2.95. The lowest BCUT2D eigenvalue weighted by Gasteiger charge is -2.08. The van der Waals surface area contributed by atoms with Gasteiger partial charge in [-0.3, -0.25) is 0 Å². The minimum absolute atomic E-state index is 0.00134. The van der Waals surface area contributed by atoms with E-state index in [1.165, 1.54) is 4.68 Å². The first-order chi connectivity index (χ1) is 7.06. The third-order valence-corrected chi connectivity index (χ3v) is 2.17. The maximum Gasteiger partial charge on any atom is 0.281 e. The van der Waals surface area contributed by atoms with Crippen LogP contribution in [0.1, 0.15) is 38.1 Å². The first-order valence-electron chi connectivity index (χ1n) is 4.96. The van der Waals surface area contributed by atoms with E-state index in [1.807, 2.05) is 13.8 Å². The van der Waals surface area contributed by atoms with Crippen molar-refractivity contribution in [1.82, 2.24) is 15.0 Å². The molecule has 0 saturated heterocycles. The van der Waals surface area contributed by atoms with Crippen molar-refractivity contribution in [3.63, 3.8) is 0 Å². The van der Waals surface area contributed by atoms with Crippen LogP contribution in [0.3, 0.4) is 0 Å². The fraction of sp³-hybridized carbons (Fsp3) is 0.778. The Hall–Kier alpha value is -1.04. The van der Waals surface area contributed by atoms with Crippen LogP contribution in [0.4, 0.5) is 8.78 Å². The van der Waals surface area contributed by atoms with E-state index in [2.05, 4.69) is 10.3 Å². The topological polar surface area (TPSA) is 56.7 Å². The molecule has 0 aliphatic heterocycles. The van der Waals surface area contributed by atoms with Gasteiger partial charge < -0.3 is 5.73 Å². The highest BCUT2D eigenvalue weighted by Gasteiger charge is 2.20. The van der Waals surface area contributed by atoms with E-state index in [0.717, 1.165) is 6.42 Å². The van der Waals surface area contributed by atoms with Crippen molar-refractivity contribution in [2.45, 2.75) is 39.8 Å². The van der Waals surface area contributed by atoms with Crippen molar-refractivity contribution in [2.24, 2.45) is 11.7 Å². The predicted octanol–water partition coefficient (Wildman–Crippen LogP) is 1.72. The van der Waals surface area contributed by atoms with Gasteiger partial charge in [-0.15, -0.1) is 5.10 Å². The summed E-state index contributed by atoms with van der Waals surface area (Å²) in [6.45, 7) is 4.53. The molecule has 0 saturated carbocycles. The van der Waals surface area contributed by atoms with Gasteiger partial charge in [0.2, 0.25) is 0 Å². The molecule has 0 radical (unpaired) electrons. The van der Waals surface area contributed by atoms with E-state index in [0.29, 0.717) is 12.5 Å². The van der Waals surface area contributed by atoms with Gasteiger partial charge in [0.25, 0.3) is 6.43 Å². The summed E-state index contributed by atoms with van der Waals surface area (Å²) in [7, 11) is 0. The Morgan fingerprint density at radius 2 is 2.07 bits per heavy atom. The molecule has 0 bridgehead atoms. The molecule has 0 atom stereocenters. The van der Waals surface area contributed by atoms with Gasteiger partial charge in [-0.05, 0) is 12.3 Å². The van der Waals surface area contributed by atoms with E-state index in [9.17, 15) is 8.78 Å². The number of nitrogens with two attached hydrogens (primary N) is 1. The summed E-state index contributed by atoms with van der Waals surface area (Å²) in [4.78, 5) is 0. The van der Waals surface area contributed by atoms with E-state index < -0.39 is 6.43 Å². The smallest absolute Gasteiger partial charge is 0.281 e. The Morgan fingerprint density at radius 1 is 1.40 bits per heavy atom. The Kier molecular flexibility index (Phi) is 4.14. The number of hydrogen-bond acceptors (Lipinski definition) is 3. The number of aryl methyl sites for hydroxylation is 1. The molecule has 0 aromatic carbocycles. The molecule has 1 heterocycles. The van der Waals surface area contributed by atoms with Gasteiger partial charge in [-0.2, -0.15) is 0 Å². The van der Waals surface area contributed by atoms with Crippen LogP contribution in [0.2, 0.25) is 0 Å². The number of aromatic nitrogens is 3. The third-order valence-electron chi connectivity index (χ3n) is 2.17. The molecule has 6 heteroatoms. The van der Waals surface area contributed by atoms with Crippen molar-refractivity contribution in [3.05, 3.63) is 11.4 Å². The first-order valence-corrected chi connectivity index (χ1v) is 4.96. The lowest BCUT2D eigenvalue weighted by molar-refractivity contribution is 0.137. The average molecular weight is 218 g/mol. The van der Waals surface area contributed by atoms with Crippen molar-refractivity contribution in [2.75, 3.05) is 0 Å². The van der Waals surface area contributed by atoms with Crippen LogP contribution < -0.4 is 5.73 Å². The van der Waals surface area contributed by atoms with Gasteiger partial charge in [0.1, 0.15) is 11.4 Å². The van der Waals surface area contributed by atoms with Crippen LogP contribution in [0.5, 0.6) is 0 Å². The zero-order chi connectivity index (χ0) is 11.4. The zero-order valence-corrected chi connectivity index (χ0v) is 8.95. The maximum atomic E-state index is 12.7. The SMILES string of the molecule is CC(C)CCn1nnc(CN)c1C(F)F. The first kappa shape index (κ1) is 12.0. The van der Waals surface area contributed by atoms with Gasteiger partial charge in [0.05, 0.1) is 0 Å². The van der Waals surface area contributed by atoms with Crippen LogP contribution in [0.15, 0.2) is 0 Å². The molecular formula is C9H16F2N4. The van der Waals surface area contributed by atoms with Crippen molar-refractivity contribution in [3.8, 4) is 0 Å². The monoisotopic (exact) mass is 218 g/mol. The largest absolute Gasteiger partial charge is 0.325 e. The number of alkyl halides is 2. The molecule has 0 unspecified atom stereocenters. The van der Waals surface area contributed by atoms with Gasteiger partial charge in [0.15, 0.2) is 0 Å². The number of halogens is 2. The highest BCUT2D eigenvalue weighted by molar-refractivity contribution is 5.11. The van der Waals surface area contributed by atoms with Gasteiger partial charge in [-0.25, -0.2) is 13.5 Å². The fourth-order valence-electron chi connectivity index (χ4n) is 1.29. The molecule has 86 valence electrons. The summed E-state index contributed by atoms with van der Waals surface area (Å²) in [5.74, 6) is 0.445. The molecule has 4 nitrogen and oxygen atoms in total. The standard InChI is InChI=1S/C9H16F2N4/c1-6(2)3-4-15-8(9(10)11)7(5-12)13-14-15/h6,9H,3-5,12H2,1-2H3. The molecule has 0 aliphatic rings. The molecule has 0 fully saturated rings. The van der Waals surface area contributed by atoms with Gasteiger partial charge in [0, 0.05) is 13.1 Å². The second-order valence-electron chi connectivity index (χ2n) is 3.83. The molecule has 2 N–H and O–H groups in total. The van der Waals surface area contributed by atoms with Crippen molar-refractivity contribution < 1.29 is 8.78 Å². The normalized spacial score (nSPS) is 11.7. The number of hydrogen-bond donors (Lipinski definition) is 1. The summed E-state index contributed by atoms with van der Waals surface area (Å²) in [5.41, 5.74) is 5.36. The average Bonchev–Trinajstić information content (AvgIpc) is 2.57. The lowest BCUT2D eigenvalue weighted by Crippen LogP contribution is -2.10. The molecule has 0 aliphatic carbocycles. The van der Waals surface area contributed by atoms with Crippen LogP contribution >= 0.6 is 0 Å². The summed E-state index contributed by atoms with van der Waals surface area (Å²) >= 11 is 0. The predicted molar refractivity (Wildman–Crippen MR) is 52.3 cm³/mol. The minimum Gasteiger partial charge on any atom is -0.325 e. The van der Waals surface area contributed by atoms with E-state index in [-0.39, 0.29) is 17.9 Å². The quantitative estimate of drug-likeness (QED) is 0.818. The second kappa shape index (κ2) is 5.16. The van der Waals surface area contributed by atoms with E-state index in [1.54, 1.807) is 0 Å². The van der Waals surface area contributed by atoms with E-state index in [4.69, 9.17) is 5.73 Å². The summed E-state index contributed by atoms with van der Waals surface area (Å²) in [6.07, 6.45) is -1.77. The summed E-state index contributed by atoms with van der Waals surface area (Å²) in [5, 5.41) is 7.33. The number of nitrogens with zero attached hydrogens (tertiary/aromatic N) is 3. The Bertz CT molecular complexity index is 309. The second-order valence-corrected chi connectivity index (χ2v) is 3.83. The van der Waals surface area contributed by atoms with Crippen molar-refractivity contribution >= 4 is 0 Å². The van der Waals surface area contributed by atoms with Crippen LogP contribution in [0.25, 0.3) is 0 Å². The Morgan fingerprint density at radius 3 is 2.53 bits per heavy atom. The van der Waals surface area contributed by atoms with Crippen LogP contribution in [-0.2, 0) is 13.1 Å². The van der Waals surface area contributed by atoms with Gasteiger partial charge in [-0.1, -0.05) is 19.1 Å². The van der Waals surface area contributed by atoms with Crippen LogP contribution in [-0.4, -0.2) is 15.0 Å². The summed E-state index contributed by atoms with van der Waals surface area (Å²) < 4.78 is 26.6. The van der Waals surface area contributed by atoms with Gasteiger partial charge >= 0.3 is 0 Å². The van der Waals surface area contributed by atoms with Crippen LogP contribution in [0, 0.1) is 5.92 Å². The molecular weight excluding hydrogens is 202 g/mol. The molecule has 15 heavy (non-hydrogen) atoms. The highest BCUT2D eigenvalue weighted by Crippen LogP contribution is 2.21. The summed E-state index contributed by atoms with van der Waals surface area (Å²) in [6, 6.07) is 0. The highest BCUT2D eigenvalue weighted by atomic mass is 19.3. The maximum absolute atomic E-state index is 12.7. The van der Waals surface area contributed by atoms with E-state index >= 15 is 0 Å². The lowest BCUT2D eigenvalue weighted by atomic mass is 10.1. The molecule has 1 aromatic heterocycles. The van der Waals surface area contributed by atoms with Crippen molar-refractivity contribution in [1.29, 1.82) is 0 Å². The molecule has 0 amide bonds. The fourth-order valence-corrected chi connectivity index (χ4v) is 1.29. The molecule has 1 aromatic rings. The zero-order valence-electron chi connectivity index (χ0n) is 8.95. The number of rotatable bonds is 5. The Balaban J connectivity index is 2.82. The molecule has 1 rings (SSSR count). The Labute approximate surface area is 87.5 Å². The minimum atomic E-state index is -2.56. The molecule has 0 spiro atoms.